The molecule has 1 atom stereocenters. The number of fused-ring (bicyclic) bond motifs is 1. The van der Waals surface area contributed by atoms with Gasteiger partial charge in [0.2, 0.25) is 13.6 Å². The van der Waals surface area contributed by atoms with Gasteiger partial charge >= 0.3 is 20.1 Å². The summed E-state index contributed by atoms with van der Waals surface area (Å²) >= 11 is 0. The van der Waals surface area contributed by atoms with Gasteiger partial charge in [-0.3, -0.25) is 4.52 Å². The van der Waals surface area contributed by atoms with Crippen LogP contribution >= 0.6 is 7.82 Å². The molecule has 1 aromatic carbocycles. The summed E-state index contributed by atoms with van der Waals surface area (Å²) in [5.74, 6) is 1.60. The maximum atomic E-state index is 13.3. The largest absolute Gasteiger partial charge is 0.510 e. The molecular formula is C41H65O12P. The number of rotatable bonds is 22. The van der Waals surface area contributed by atoms with Crippen molar-refractivity contribution in [3.8, 4) is 11.5 Å². The Labute approximate surface area is 323 Å². The van der Waals surface area contributed by atoms with Crippen molar-refractivity contribution in [1.82, 2.24) is 0 Å². The van der Waals surface area contributed by atoms with E-state index in [1.165, 1.54) is 16.7 Å². The minimum Gasteiger partial charge on any atom is -0.491 e. The van der Waals surface area contributed by atoms with Crippen LogP contribution in [-0.2, 0) is 43.5 Å². The van der Waals surface area contributed by atoms with Crippen molar-refractivity contribution in [1.29, 1.82) is 0 Å². The number of benzene rings is 1. The van der Waals surface area contributed by atoms with Crippen LogP contribution in [0, 0.1) is 20.8 Å². The number of ether oxygens (including phenoxy) is 6. The van der Waals surface area contributed by atoms with Crippen molar-refractivity contribution in [3.05, 3.63) is 57.2 Å². The van der Waals surface area contributed by atoms with Gasteiger partial charge < -0.3 is 28.4 Å². The first-order valence-electron chi connectivity index (χ1n) is 18.9. The number of carbonyl (C=O) groups excluding carboxylic acids is 2. The summed E-state index contributed by atoms with van der Waals surface area (Å²) in [6.45, 7) is 21.7. The monoisotopic (exact) mass is 780 g/mol. The first-order valence-corrected chi connectivity index (χ1v) is 20.4. The Balaban J connectivity index is 1.99. The average Bonchev–Trinajstić information content (AvgIpc) is 3.06. The minimum absolute atomic E-state index is 0.0152. The van der Waals surface area contributed by atoms with Crippen LogP contribution in [0.1, 0.15) is 130 Å². The molecule has 0 amide bonds. The van der Waals surface area contributed by atoms with E-state index in [9.17, 15) is 14.2 Å². The van der Waals surface area contributed by atoms with Crippen molar-refractivity contribution >= 4 is 20.1 Å². The van der Waals surface area contributed by atoms with Crippen molar-refractivity contribution in [2.45, 2.75) is 152 Å². The van der Waals surface area contributed by atoms with Crippen molar-refractivity contribution in [3.63, 3.8) is 0 Å². The molecule has 2 rings (SSSR count). The Kier molecular flexibility index (Phi) is 19.9. The van der Waals surface area contributed by atoms with Gasteiger partial charge in [0, 0.05) is 5.56 Å². The van der Waals surface area contributed by atoms with Crippen LogP contribution in [0.25, 0.3) is 0 Å². The fourth-order valence-corrected chi connectivity index (χ4v) is 6.66. The minimum atomic E-state index is -4.39. The Morgan fingerprint density at radius 1 is 0.759 bits per heavy atom. The molecule has 1 aliphatic heterocycles. The zero-order valence-corrected chi connectivity index (χ0v) is 35.6. The number of hydrogen-bond acceptors (Lipinski definition) is 12. The SMILES string of the molecule is CC(C)=CCC/C(C)=C/CC/C(C)=C/CC[C@]1(C)CCc2c(C)c(OCCOP(=O)(OCOC(=O)OC(C)C)OCOC(=O)OC(C)C)c(C)c(C)c2O1. The molecule has 0 spiro atoms. The van der Waals surface area contributed by atoms with Gasteiger partial charge in [-0.05, 0) is 151 Å². The van der Waals surface area contributed by atoms with Crippen molar-refractivity contribution in [2.24, 2.45) is 0 Å². The predicted molar refractivity (Wildman–Crippen MR) is 209 cm³/mol. The number of carbonyl (C=O) groups is 2. The van der Waals surface area contributed by atoms with E-state index in [0.29, 0.717) is 5.75 Å². The maximum Gasteiger partial charge on any atom is 0.510 e. The molecule has 0 unspecified atom stereocenters. The Hall–Kier alpha value is -3.31. The molecular weight excluding hydrogens is 715 g/mol. The summed E-state index contributed by atoms with van der Waals surface area (Å²) in [5.41, 5.74) is 7.97. The first-order chi connectivity index (χ1) is 25.3. The summed E-state index contributed by atoms with van der Waals surface area (Å²) in [6.07, 6.45) is 12.1. The summed E-state index contributed by atoms with van der Waals surface area (Å²) in [6, 6.07) is 0. The second kappa shape index (κ2) is 22.9. The lowest BCUT2D eigenvalue weighted by Gasteiger charge is -2.38. The molecule has 54 heavy (non-hydrogen) atoms. The number of phosphoric acid groups is 1. The summed E-state index contributed by atoms with van der Waals surface area (Å²) in [4.78, 5) is 23.5. The molecule has 1 aromatic rings. The van der Waals surface area contributed by atoms with Crippen LogP contribution in [0.5, 0.6) is 11.5 Å². The third-order valence-corrected chi connectivity index (χ3v) is 10.2. The van der Waals surface area contributed by atoms with E-state index >= 15 is 0 Å². The van der Waals surface area contributed by atoms with Crippen LogP contribution in [0.2, 0.25) is 0 Å². The standard InChI is InChI=1S/C41H65O12P/c1-28(2)16-13-17-31(7)18-14-19-32(8)20-15-22-41(12)23-21-36-35(11)37(33(9)34(10)38(36)53-41)45-24-25-48-54(44,49-26-46-39(42)51-29(3)4)50-27-47-40(43)52-30(5)6/h16,18,20,29-30H,13-15,17,19,21-27H2,1-12H3/b31-18+,32-20+/t41-/m1/s1. The molecule has 0 aromatic heterocycles. The quantitative estimate of drug-likeness (QED) is 0.0364. The second-order valence-corrected chi connectivity index (χ2v) is 16.5. The maximum absolute atomic E-state index is 13.3. The van der Waals surface area contributed by atoms with Crippen molar-refractivity contribution in [2.75, 3.05) is 26.8 Å². The smallest absolute Gasteiger partial charge is 0.491 e. The highest BCUT2D eigenvalue weighted by atomic mass is 31.2. The highest BCUT2D eigenvalue weighted by molar-refractivity contribution is 7.48. The highest BCUT2D eigenvalue weighted by Gasteiger charge is 2.34. The summed E-state index contributed by atoms with van der Waals surface area (Å²) in [5, 5.41) is 0. The fourth-order valence-electron chi connectivity index (χ4n) is 5.77. The topological polar surface area (TPSA) is 134 Å². The van der Waals surface area contributed by atoms with E-state index in [1.54, 1.807) is 27.7 Å². The number of hydrogen-bond donors (Lipinski definition) is 0. The Morgan fingerprint density at radius 2 is 1.30 bits per heavy atom. The van der Waals surface area contributed by atoms with Gasteiger partial charge in [-0.2, -0.15) is 0 Å². The van der Waals surface area contributed by atoms with Gasteiger partial charge in [0.05, 0.1) is 18.8 Å². The molecule has 0 fully saturated rings. The molecule has 1 aliphatic rings. The van der Waals surface area contributed by atoms with Gasteiger partial charge in [0.1, 0.15) is 23.7 Å². The molecule has 1 heterocycles. The van der Waals surface area contributed by atoms with Gasteiger partial charge in [-0.1, -0.05) is 34.9 Å². The van der Waals surface area contributed by atoms with E-state index < -0.39 is 45.9 Å². The van der Waals surface area contributed by atoms with Gasteiger partial charge in [-0.25, -0.2) is 23.2 Å². The lowest BCUT2D eigenvalue weighted by Crippen LogP contribution is -2.37. The Bertz CT molecular complexity index is 1490. The van der Waals surface area contributed by atoms with Crippen LogP contribution in [0.3, 0.4) is 0 Å². The lowest BCUT2D eigenvalue weighted by molar-refractivity contribution is -0.0463. The molecule has 0 aliphatic carbocycles. The molecule has 0 saturated heterocycles. The molecule has 0 radical (unpaired) electrons. The zero-order valence-electron chi connectivity index (χ0n) is 34.7. The second-order valence-electron chi connectivity index (χ2n) is 14.8. The van der Waals surface area contributed by atoms with Crippen molar-refractivity contribution < 1.29 is 56.1 Å². The predicted octanol–water partition coefficient (Wildman–Crippen LogP) is 11.5. The fraction of sp³-hybridized carbons (Fsp3) is 0.659. The molecule has 0 N–H and O–H groups in total. The van der Waals surface area contributed by atoms with Crippen LogP contribution in [-0.4, -0.2) is 56.9 Å². The highest BCUT2D eigenvalue weighted by Crippen LogP contribution is 2.49. The van der Waals surface area contributed by atoms with Crippen LogP contribution in [0.4, 0.5) is 9.59 Å². The van der Waals surface area contributed by atoms with E-state index in [4.69, 9.17) is 42.0 Å². The number of allylic oxidation sites excluding steroid dienone is 6. The first kappa shape index (κ1) is 46.8. The molecule has 13 heteroatoms. The van der Waals surface area contributed by atoms with Gasteiger partial charge in [0.25, 0.3) is 0 Å². The lowest BCUT2D eigenvalue weighted by atomic mass is 9.85. The Morgan fingerprint density at radius 3 is 1.83 bits per heavy atom. The van der Waals surface area contributed by atoms with E-state index in [2.05, 4.69) is 52.8 Å². The van der Waals surface area contributed by atoms with Crippen LogP contribution < -0.4 is 9.47 Å². The van der Waals surface area contributed by atoms with Gasteiger partial charge in [-0.15, -0.1) is 0 Å². The number of phosphoric ester groups is 1. The summed E-state index contributed by atoms with van der Waals surface area (Å²) < 4.78 is 61.2. The van der Waals surface area contributed by atoms with Crippen LogP contribution in [0.15, 0.2) is 34.9 Å². The van der Waals surface area contributed by atoms with Gasteiger partial charge in [0.15, 0.2) is 0 Å². The third-order valence-electron chi connectivity index (χ3n) is 8.87. The van der Waals surface area contributed by atoms with E-state index in [1.807, 2.05) is 20.8 Å². The third kappa shape index (κ3) is 17.0. The zero-order chi connectivity index (χ0) is 40.5. The molecule has 0 bridgehead atoms. The summed E-state index contributed by atoms with van der Waals surface area (Å²) in [7, 11) is -4.39. The molecule has 0 saturated carbocycles. The van der Waals surface area contributed by atoms with E-state index in [0.717, 1.165) is 79.4 Å². The normalized spacial score (nSPS) is 16.1. The molecule has 306 valence electrons. The molecule has 12 nitrogen and oxygen atoms in total. The average molecular weight is 781 g/mol. The van der Waals surface area contributed by atoms with E-state index in [-0.39, 0.29) is 18.8 Å².